The number of fused-ring (bicyclic) bond motifs is 1. The highest BCUT2D eigenvalue weighted by molar-refractivity contribution is 6.04. The van der Waals surface area contributed by atoms with Gasteiger partial charge in [-0.25, -0.2) is 26.7 Å². The van der Waals surface area contributed by atoms with Crippen molar-refractivity contribution in [3.63, 3.8) is 0 Å². The second kappa shape index (κ2) is 6.51. The van der Waals surface area contributed by atoms with Crippen molar-refractivity contribution in [2.75, 3.05) is 0 Å². The summed E-state index contributed by atoms with van der Waals surface area (Å²) in [5.41, 5.74) is -1.09. The topological polar surface area (TPSA) is 26.3 Å². The molecule has 0 amide bonds. The van der Waals surface area contributed by atoms with Crippen LogP contribution in [-0.4, -0.2) is 5.97 Å². The molecule has 0 unspecified atom stereocenters. The van der Waals surface area contributed by atoms with Gasteiger partial charge in [0.05, 0.1) is 11.1 Å². The fraction of sp³-hybridized carbons (Fsp3) is 0.0556. The Morgan fingerprint density at radius 1 is 0.760 bits per heavy atom. The Morgan fingerprint density at radius 2 is 1.32 bits per heavy atom. The van der Waals surface area contributed by atoms with Gasteiger partial charge < -0.3 is 4.74 Å². The normalized spacial score (nSPS) is 10.9. The summed E-state index contributed by atoms with van der Waals surface area (Å²) in [7, 11) is 0. The fourth-order valence-electron chi connectivity index (χ4n) is 2.40. The molecule has 2 nitrogen and oxygen atoms in total. The van der Waals surface area contributed by atoms with Crippen LogP contribution < -0.4 is 0 Å². The van der Waals surface area contributed by atoms with E-state index in [1.807, 2.05) is 0 Å². The molecular formula is C18H9F5O2. The molecule has 3 aromatic rings. The minimum Gasteiger partial charge on any atom is -0.457 e. The van der Waals surface area contributed by atoms with Crippen LogP contribution in [0.3, 0.4) is 0 Å². The van der Waals surface area contributed by atoms with Crippen LogP contribution >= 0.6 is 0 Å². The number of benzene rings is 3. The summed E-state index contributed by atoms with van der Waals surface area (Å²) in [5.74, 6) is -11.4. The summed E-state index contributed by atoms with van der Waals surface area (Å²) in [6, 6.07) is 11.6. The summed E-state index contributed by atoms with van der Waals surface area (Å²) in [4.78, 5) is 12.2. The summed E-state index contributed by atoms with van der Waals surface area (Å²) in [5, 5.41) is 1.26. The molecule has 0 saturated carbocycles. The average molecular weight is 352 g/mol. The van der Waals surface area contributed by atoms with Crippen LogP contribution in [0.25, 0.3) is 10.8 Å². The molecule has 0 aliphatic rings. The van der Waals surface area contributed by atoms with Gasteiger partial charge in [-0.15, -0.1) is 0 Å². The fourth-order valence-corrected chi connectivity index (χ4v) is 2.40. The van der Waals surface area contributed by atoms with Gasteiger partial charge in [0, 0.05) is 0 Å². The van der Waals surface area contributed by atoms with E-state index in [1.165, 1.54) is 6.07 Å². The zero-order chi connectivity index (χ0) is 18.1. The van der Waals surface area contributed by atoms with Gasteiger partial charge >= 0.3 is 5.97 Å². The van der Waals surface area contributed by atoms with E-state index in [2.05, 4.69) is 0 Å². The zero-order valence-corrected chi connectivity index (χ0v) is 12.5. The molecule has 0 aromatic heterocycles. The highest BCUT2D eigenvalue weighted by Gasteiger charge is 2.26. The molecule has 3 aromatic carbocycles. The van der Waals surface area contributed by atoms with Crippen LogP contribution in [0, 0.1) is 29.1 Å². The van der Waals surface area contributed by atoms with E-state index in [0.29, 0.717) is 5.39 Å². The van der Waals surface area contributed by atoms with Crippen molar-refractivity contribution in [1.29, 1.82) is 0 Å². The second-order valence-electron chi connectivity index (χ2n) is 5.15. The molecule has 128 valence electrons. The lowest BCUT2D eigenvalue weighted by molar-refractivity contribution is 0.0464. The van der Waals surface area contributed by atoms with Crippen LogP contribution in [0.4, 0.5) is 22.0 Å². The van der Waals surface area contributed by atoms with Gasteiger partial charge in [0.2, 0.25) is 5.82 Å². The van der Waals surface area contributed by atoms with Crippen LogP contribution in [-0.2, 0) is 11.3 Å². The van der Waals surface area contributed by atoms with Crippen molar-refractivity contribution in [3.05, 3.63) is 82.7 Å². The molecule has 0 atom stereocenters. The molecule has 0 aliphatic carbocycles. The number of esters is 1. The van der Waals surface area contributed by atoms with Crippen molar-refractivity contribution in [2.24, 2.45) is 0 Å². The largest absolute Gasteiger partial charge is 0.457 e. The monoisotopic (exact) mass is 352 g/mol. The molecule has 0 radical (unpaired) electrons. The maximum atomic E-state index is 13.6. The Balaban J connectivity index is 1.91. The van der Waals surface area contributed by atoms with Crippen LogP contribution in [0.2, 0.25) is 0 Å². The zero-order valence-electron chi connectivity index (χ0n) is 12.5. The number of carbonyl (C=O) groups excluding carboxylic acids is 1. The van der Waals surface area contributed by atoms with E-state index < -0.39 is 47.2 Å². The molecule has 25 heavy (non-hydrogen) atoms. The molecule has 3 rings (SSSR count). The maximum Gasteiger partial charge on any atom is 0.339 e. The van der Waals surface area contributed by atoms with Gasteiger partial charge in [0.15, 0.2) is 23.3 Å². The number of hydrogen-bond donors (Lipinski definition) is 0. The van der Waals surface area contributed by atoms with Crippen molar-refractivity contribution in [3.8, 4) is 0 Å². The average Bonchev–Trinajstić information content (AvgIpc) is 2.64. The summed E-state index contributed by atoms with van der Waals surface area (Å²) in [6.45, 7) is -1.09. The highest BCUT2D eigenvalue weighted by atomic mass is 19.2. The number of ether oxygens (including phenoxy) is 1. The summed E-state index contributed by atoms with van der Waals surface area (Å²) >= 11 is 0. The third-order valence-corrected chi connectivity index (χ3v) is 3.66. The van der Waals surface area contributed by atoms with Gasteiger partial charge in [-0.05, 0) is 16.8 Å². The number of halogens is 5. The van der Waals surface area contributed by atoms with Gasteiger partial charge in [-0.1, -0.05) is 36.4 Å². The lowest BCUT2D eigenvalue weighted by Crippen LogP contribution is -2.12. The predicted molar refractivity (Wildman–Crippen MR) is 79.3 cm³/mol. The second-order valence-corrected chi connectivity index (χ2v) is 5.15. The van der Waals surface area contributed by atoms with Crippen LogP contribution in [0.15, 0.2) is 42.5 Å². The van der Waals surface area contributed by atoms with E-state index in [4.69, 9.17) is 4.74 Å². The van der Waals surface area contributed by atoms with Crippen molar-refractivity contribution in [2.45, 2.75) is 6.61 Å². The summed E-state index contributed by atoms with van der Waals surface area (Å²) in [6.07, 6.45) is 0. The number of hydrogen-bond acceptors (Lipinski definition) is 2. The minimum absolute atomic E-state index is 0.113. The number of rotatable bonds is 3. The molecule has 0 aliphatic heterocycles. The molecule has 0 fully saturated rings. The van der Waals surface area contributed by atoms with E-state index in [1.54, 1.807) is 36.4 Å². The first-order valence-electron chi connectivity index (χ1n) is 7.07. The highest BCUT2D eigenvalue weighted by Crippen LogP contribution is 2.25. The predicted octanol–water partition coefficient (Wildman–Crippen LogP) is 4.89. The standard InChI is InChI=1S/C18H9F5O2/c19-13-12(14(20)16(22)17(23)15(13)21)8-25-18(24)11-7-3-5-9-4-1-2-6-10(9)11/h1-7H,8H2. The Morgan fingerprint density at radius 3 is 2.00 bits per heavy atom. The van der Waals surface area contributed by atoms with Crippen LogP contribution in [0.5, 0.6) is 0 Å². The minimum atomic E-state index is -2.26. The summed E-state index contributed by atoms with van der Waals surface area (Å²) < 4.78 is 71.3. The van der Waals surface area contributed by atoms with Gasteiger partial charge in [0.1, 0.15) is 6.61 Å². The molecule has 0 bridgehead atoms. The van der Waals surface area contributed by atoms with E-state index in [9.17, 15) is 26.7 Å². The first-order chi connectivity index (χ1) is 11.9. The smallest absolute Gasteiger partial charge is 0.339 e. The number of carbonyl (C=O) groups is 1. The van der Waals surface area contributed by atoms with E-state index in [0.717, 1.165) is 5.39 Å². The Bertz CT molecular complexity index is 950. The Labute approximate surface area is 138 Å². The third kappa shape index (κ3) is 2.93. The lowest BCUT2D eigenvalue weighted by atomic mass is 10.0. The van der Waals surface area contributed by atoms with Crippen LogP contribution in [0.1, 0.15) is 15.9 Å². The van der Waals surface area contributed by atoms with Gasteiger partial charge in [-0.3, -0.25) is 0 Å². The van der Waals surface area contributed by atoms with E-state index >= 15 is 0 Å². The van der Waals surface area contributed by atoms with Crippen molar-refractivity contribution >= 4 is 16.7 Å². The Kier molecular flexibility index (Phi) is 4.39. The molecule has 0 spiro atoms. The third-order valence-electron chi connectivity index (χ3n) is 3.66. The first kappa shape index (κ1) is 16.9. The lowest BCUT2D eigenvalue weighted by Gasteiger charge is -2.10. The van der Waals surface area contributed by atoms with Gasteiger partial charge in [0.25, 0.3) is 0 Å². The molecule has 7 heteroatoms. The van der Waals surface area contributed by atoms with E-state index in [-0.39, 0.29) is 5.56 Å². The SMILES string of the molecule is O=C(OCc1c(F)c(F)c(F)c(F)c1F)c1cccc2ccccc12. The van der Waals surface area contributed by atoms with Gasteiger partial charge in [-0.2, -0.15) is 0 Å². The maximum absolute atomic E-state index is 13.6. The first-order valence-corrected chi connectivity index (χ1v) is 7.07. The molecule has 0 N–H and O–H groups in total. The van der Waals surface area contributed by atoms with Crippen molar-refractivity contribution in [1.82, 2.24) is 0 Å². The molecule has 0 saturated heterocycles. The molecule has 0 heterocycles. The Hall–Kier alpha value is -2.96. The quantitative estimate of drug-likeness (QED) is 0.290. The van der Waals surface area contributed by atoms with Crippen molar-refractivity contribution < 1.29 is 31.5 Å². The molecular weight excluding hydrogens is 343 g/mol.